The van der Waals surface area contributed by atoms with Crippen LogP contribution in [0.2, 0.25) is 0 Å². The van der Waals surface area contributed by atoms with Gasteiger partial charge < -0.3 is 58.0 Å². The number of aliphatic hydroxyl groups is 1. The minimum Gasteiger partial charge on any atom is -0.493 e. The zero-order valence-electron chi connectivity index (χ0n) is 66.3. The smallest absolute Gasteiger partial charge is 0.493 e. The van der Waals surface area contributed by atoms with Gasteiger partial charge in [-0.2, -0.15) is 15.3 Å². The van der Waals surface area contributed by atoms with E-state index in [1.807, 2.05) is 57.7 Å². The number of imidazole rings is 3. The van der Waals surface area contributed by atoms with Crippen molar-refractivity contribution in [3.63, 3.8) is 0 Å². The molecule has 4 aliphatic heterocycles. The van der Waals surface area contributed by atoms with E-state index in [0.717, 1.165) is 44.4 Å². The molecule has 4 aliphatic rings. The number of fused-ring (bicyclic) bond motifs is 6. The van der Waals surface area contributed by atoms with Crippen molar-refractivity contribution >= 4 is 98.9 Å². The van der Waals surface area contributed by atoms with Gasteiger partial charge in [0, 0.05) is 92.9 Å². The minimum absolute atomic E-state index is 0.0253. The van der Waals surface area contributed by atoms with Gasteiger partial charge in [-0.1, -0.05) is 34.7 Å². The Kier molecular flexibility index (Phi) is 22.1. The first-order valence-electron chi connectivity index (χ1n) is 36.4. The van der Waals surface area contributed by atoms with E-state index in [4.69, 9.17) is 52.7 Å². The molecular weight excluding hydrogens is 1570 g/mol. The molecule has 32 nitrogen and oxygen atoms in total. The number of hydrogen-bond acceptors (Lipinski definition) is 21. The highest BCUT2D eigenvalue weighted by molar-refractivity contribution is 9.10. The van der Waals surface area contributed by atoms with Crippen molar-refractivity contribution < 1.29 is 65.7 Å². The number of nitrogens with zero attached hydrogens (tertiary/aromatic N) is 20. The fourth-order valence-corrected chi connectivity index (χ4v) is 13.8. The van der Waals surface area contributed by atoms with E-state index >= 15 is 4.39 Å². The number of Topliss-reactive ketones (excluding diaryl/α,β-unsaturated/α-hetero) is 1. The number of nitrogens with one attached hydrogen (secondary N) is 1. The number of anilines is 3. The predicted octanol–water partition coefficient (Wildman–Crippen LogP) is 13.9. The highest BCUT2D eigenvalue weighted by Gasteiger charge is 2.53. The average molecular weight is 1650 g/mol. The molecule has 1 unspecified atom stereocenters. The number of carbonyl (C=O) groups excluding carboxylic acids is 3. The highest BCUT2D eigenvalue weighted by Crippen LogP contribution is 2.41. The molecule has 116 heavy (non-hydrogen) atoms. The maximum Gasteiger partial charge on any atom is 0.514 e. The van der Waals surface area contributed by atoms with Crippen LogP contribution in [0.25, 0.3) is 54.0 Å². The summed E-state index contributed by atoms with van der Waals surface area (Å²) in [4.78, 5) is 78.3. The van der Waals surface area contributed by atoms with E-state index in [-0.39, 0.29) is 97.4 Å². The van der Waals surface area contributed by atoms with Crippen molar-refractivity contribution in [3.05, 3.63) is 198 Å². The standard InChI is InChI=1S/C26H24FN7O4.C21H19BrFN5O3.C21H18FN7O2.C11H19BN2O2/c1-14-9-18(32(6)31-14)15-10-29-24(33-12-21(28-5)30-23(15)33)34(25(36)38-26(2,3)4)11-16-17(27)7-8-20-22(16)19(35)13-37-20;1-21(2,3)31-20(29)28(10-13-12-7-8-30-16(12)6-5-15(13)23)19-25-9-14(22)18-26-17(24-4)11-27(18)19;1-11-6-15(28(3)27-11)13-8-25-21(29-9-18(23-2)26-20(13)29)24-7-12-14(22)4-5-17-19(12)16(30)10-31-17;1-8-7-9(14(6)13-8)12-15-10(2,3)11(4,5)16-12/h7-10,12H,11,13H2,1-4,6H3;5-6,9,11H,7-8,10H2,1-3H3;4-6,8-9,16,30H,7,10H2,1,3H3,(H,24,25);7H,1-6H3. The van der Waals surface area contributed by atoms with Gasteiger partial charge in [-0.3, -0.25) is 32.0 Å². The Labute approximate surface area is 672 Å². The number of halogens is 4. The molecule has 598 valence electrons. The van der Waals surface area contributed by atoms with Crippen molar-refractivity contribution in [2.45, 2.75) is 145 Å². The number of benzene rings is 3. The fourth-order valence-electron chi connectivity index (χ4n) is 13.4. The number of ketones is 1. The zero-order valence-corrected chi connectivity index (χ0v) is 67.8. The fraction of sp³-hybridized carbons (Fsp3) is 0.354. The third kappa shape index (κ3) is 16.4. The Hall–Kier alpha value is -12.8. The Balaban J connectivity index is 0.000000139. The summed E-state index contributed by atoms with van der Waals surface area (Å²) in [5.41, 5.74) is 7.28. The third-order valence-corrected chi connectivity index (χ3v) is 19.9. The van der Waals surface area contributed by atoms with Crippen LogP contribution in [0.5, 0.6) is 17.2 Å². The van der Waals surface area contributed by atoms with Gasteiger partial charge in [-0.15, -0.1) is 0 Å². The number of rotatable bonds is 12. The van der Waals surface area contributed by atoms with Crippen molar-refractivity contribution in [1.82, 2.24) is 72.4 Å². The molecule has 16 rings (SSSR count). The summed E-state index contributed by atoms with van der Waals surface area (Å²) in [5.74, 6) is 0.368. The summed E-state index contributed by atoms with van der Waals surface area (Å²) in [6.07, 6.45) is 7.28. The molecule has 12 aromatic rings. The highest BCUT2D eigenvalue weighted by atomic mass is 79.9. The predicted molar refractivity (Wildman–Crippen MR) is 424 cm³/mol. The normalized spacial score (nSPS) is 14.8. The number of carbonyl (C=O) groups is 3. The number of aliphatic hydroxyl groups excluding tert-OH is 1. The van der Waals surface area contributed by atoms with E-state index in [1.165, 1.54) is 68.8 Å². The molecule has 2 N–H and O–H groups in total. The maximum absolute atomic E-state index is 15.1. The molecule has 0 radical (unpaired) electrons. The molecule has 0 bridgehead atoms. The first kappa shape index (κ1) is 81.3. The number of ether oxygens (including phenoxy) is 5. The molecule has 0 aliphatic carbocycles. The summed E-state index contributed by atoms with van der Waals surface area (Å²) in [5, 5.41) is 26.4. The number of amides is 2. The summed E-state index contributed by atoms with van der Waals surface area (Å²) in [7, 11) is 5.19. The van der Waals surface area contributed by atoms with E-state index in [2.05, 4.69) is 109 Å². The SMILES string of the molecule is Cc1cc(B2OC(C)(C)C(C)(C)O2)n(C)n1.[C-]#[N+]c1cn2c(N(Cc3c(F)ccc4c3C(=O)CO4)C(=O)OC(C)(C)C)ncc(-c3cc(C)nn3C)c2n1.[C-]#[N+]c1cn2c(N(Cc3c(F)ccc4c3CCO4)C(=O)OC(C)(C)C)ncc(Br)c2n1.[C-]#[N+]c1cn2c(NCc3c(F)ccc4c3C(O)CO4)ncc(-c3cc(C)nn3C)c2n1. The minimum atomic E-state index is -0.882. The summed E-state index contributed by atoms with van der Waals surface area (Å²) >= 11 is 3.37. The topological polar surface area (TPSA) is 312 Å². The lowest BCUT2D eigenvalue weighted by atomic mass is 9.84. The van der Waals surface area contributed by atoms with Crippen LogP contribution >= 0.6 is 15.9 Å². The lowest BCUT2D eigenvalue weighted by Crippen LogP contribution is -2.41. The van der Waals surface area contributed by atoms with Crippen molar-refractivity contribution in [1.29, 1.82) is 0 Å². The van der Waals surface area contributed by atoms with Gasteiger partial charge in [0.2, 0.25) is 40.6 Å². The van der Waals surface area contributed by atoms with Gasteiger partial charge in [0.15, 0.2) is 6.61 Å². The van der Waals surface area contributed by atoms with Crippen LogP contribution in [0.3, 0.4) is 0 Å². The van der Waals surface area contributed by atoms with Crippen LogP contribution in [0, 0.1) is 57.9 Å². The molecule has 13 heterocycles. The Morgan fingerprint density at radius 3 is 1.65 bits per heavy atom. The molecule has 1 fully saturated rings. The molecular formula is C79H80BBrF3N21O11. The van der Waals surface area contributed by atoms with E-state index in [9.17, 15) is 28.3 Å². The first-order chi connectivity index (χ1) is 54.8. The molecule has 0 saturated carbocycles. The van der Waals surface area contributed by atoms with E-state index in [1.54, 1.807) is 80.8 Å². The number of hydrogen-bond donors (Lipinski definition) is 2. The molecule has 1 atom stereocenters. The molecule has 2 amide bonds. The molecule has 3 aromatic carbocycles. The summed E-state index contributed by atoms with van der Waals surface area (Å²) < 4.78 is 94.4. The van der Waals surface area contributed by atoms with Crippen molar-refractivity contribution in [3.8, 4) is 39.8 Å². The lowest BCUT2D eigenvalue weighted by Gasteiger charge is -2.32. The van der Waals surface area contributed by atoms with Crippen molar-refractivity contribution in [2.24, 2.45) is 21.1 Å². The van der Waals surface area contributed by atoms with Crippen LogP contribution in [0.1, 0.15) is 131 Å². The van der Waals surface area contributed by atoms with E-state index in [0.29, 0.717) is 79.8 Å². The van der Waals surface area contributed by atoms with Gasteiger partial charge in [0.25, 0.3) is 17.5 Å². The second-order valence-corrected chi connectivity index (χ2v) is 31.4. The summed E-state index contributed by atoms with van der Waals surface area (Å²) in [6, 6.07) is 14.1. The Morgan fingerprint density at radius 2 is 1.11 bits per heavy atom. The third-order valence-electron chi connectivity index (χ3n) is 19.3. The van der Waals surface area contributed by atoms with Crippen LogP contribution in [0.15, 0.2) is 96.3 Å². The summed E-state index contributed by atoms with van der Waals surface area (Å²) in [6.45, 7) is 46.3. The van der Waals surface area contributed by atoms with Crippen LogP contribution in [0.4, 0.5) is 58.1 Å². The Morgan fingerprint density at radius 1 is 0.638 bits per heavy atom. The van der Waals surface area contributed by atoms with Gasteiger partial charge in [-0.05, 0) is 161 Å². The zero-order chi connectivity index (χ0) is 83.5. The van der Waals surface area contributed by atoms with E-state index < -0.39 is 52.7 Å². The quantitative estimate of drug-likeness (QED) is 0.0848. The van der Waals surface area contributed by atoms with Gasteiger partial charge in [-0.25, -0.2) is 47.5 Å². The van der Waals surface area contributed by atoms with Crippen molar-refractivity contribution in [2.75, 3.05) is 34.9 Å². The number of aryl methyl sites for hydroxylation is 6. The number of aromatic nitrogens is 15. The lowest BCUT2D eigenvalue weighted by molar-refractivity contribution is 0.00578. The first-order valence-corrected chi connectivity index (χ1v) is 37.2. The average Bonchev–Trinajstić information content (AvgIpc) is 1.57. The van der Waals surface area contributed by atoms with Gasteiger partial charge >= 0.3 is 19.3 Å². The maximum atomic E-state index is 15.1. The molecule has 9 aromatic heterocycles. The van der Waals surface area contributed by atoms with Crippen LogP contribution in [-0.4, -0.2) is 145 Å². The second kappa shape index (κ2) is 31.6. The largest absolute Gasteiger partial charge is 0.514 e. The van der Waals surface area contributed by atoms with Gasteiger partial charge in [0.05, 0.1) is 87.8 Å². The van der Waals surface area contributed by atoms with Crippen LogP contribution in [-0.2, 0) is 66.0 Å². The second-order valence-electron chi connectivity index (χ2n) is 30.6. The molecule has 1 saturated heterocycles. The molecule has 0 spiro atoms. The van der Waals surface area contributed by atoms with Crippen LogP contribution < -0.4 is 34.9 Å². The van der Waals surface area contributed by atoms with Gasteiger partial charge in [0.1, 0.15) is 63.1 Å². The monoisotopic (exact) mass is 1650 g/mol. The Bertz CT molecular complexity index is 6040. The molecule has 37 heteroatoms.